The smallest absolute Gasteiger partial charge is 0.136 e. The minimum atomic E-state index is 0.866. The van der Waals surface area contributed by atoms with Gasteiger partial charge >= 0.3 is 0 Å². The van der Waals surface area contributed by atoms with E-state index in [4.69, 9.17) is 4.42 Å². The van der Waals surface area contributed by atoms with Crippen molar-refractivity contribution in [1.29, 1.82) is 0 Å². The highest BCUT2D eigenvalue weighted by atomic mass is 16.3. The molecule has 0 fully saturated rings. The second-order valence-electron chi connectivity index (χ2n) is 16.8. The Kier molecular flexibility index (Phi) is 8.53. The molecule has 0 atom stereocenters. The van der Waals surface area contributed by atoms with Crippen molar-refractivity contribution in [1.82, 2.24) is 9.97 Å². The van der Waals surface area contributed by atoms with Gasteiger partial charge in [-0.3, -0.25) is 9.97 Å². The Labute approximate surface area is 375 Å². The maximum Gasteiger partial charge on any atom is 0.136 e. The van der Waals surface area contributed by atoms with E-state index in [0.717, 1.165) is 60.9 Å². The number of hydrogen-bond acceptors (Lipinski definition) is 3. The summed E-state index contributed by atoms with van der Waals surface area (Å²) >= 11 is 0. The summed E-state index contributed by atoms with van der Waals surface area (Å²) < 4.78 is 6.91. The van der Waals surface area contributed by atoms with E-state index in [0.29, 0.717) is 0 Å². The number of pyridine rings is 2. The average Bonchev–Trinajstić information content (AvgIpc) is 3.76. The van der Waals surface area contributed by atoms with Crippen LogP contribution in [0.1, 0.15) is 0 Å². The lowest BCUT2D eigenvalue weighted by atomic mass is 9.83. The van der Waals surface area contributed by atoms with Crippen LogP contribution < -0.4 is 0 Å². The molecule has 3 heterocycles. The SMILES string of the molecule is c1ccc(-c2c3ccccc3c(-c3ccc4c(c3)oc3cccc(-c5c6ccccc6c(-c6cc(-c7cccnc7)cc(-c7cccnc7)c6)c6ccccc56)c34)c3ccccc23)cc1. The monoisotopic (exact) mass is 826 g/mol. The molecule has 0 aliphatic heterocycles. The predicted octanol–water partition coefficient (Wildman–Crippen LogP) is 17.0. The summed E-state index contributed by atoms with van der Waals surface area (Å²) in [4.78, 5) is 8.98. The topological polar surface area (TPSA) is 38.9 Å². The molecule has 0 amide bonds. The van der Waals surface area contributed by atoms with Gasteiger partial charge in [-0.2, -0.15) is 0 Å². The van der Waals surface area contributed by atoms with Crippen molar-refractivity contribution in [2.45, 2.75) is 0 Å². The van der Waals surface area contributed by atoms with Gasteiger partial charge in [-0.1, -0.05) is 158 Å². The van der Waals surface area contributed by atoms with E-state index >= 15 is 0 Å². The number of benzene rings is 10. The number of hydrogen-bond donors (Lipinski definition) is 0. The standard InChI is InChI=1S/C62H38N2O/c1-2-15-39(16-3-1)58-46-19-4-6-21-48(46)59(49-22-7-5-20-47(49)58)40-29-30-54-57(36-40)65-56-28-12-27-55(62(54)56)61-52-25-10-8-23-50(52)60(51-24-9-11-26-53(51)61)45-34-43(41-17-13-31-63-37-41)33-44(35-45)42-18-14-32-64-38-42/h1-38H. The third-order valence-corrected chi connectivity index (χ3v) is 13.2. The van der Waals surface area contributed by atoms with Crippen LogP contribution in [0.5, 0.6) is 0 Å². The summed E-state index contributed by atoms with van der Waals surface area (Å²) in [6.07, 6.45) is 7.53. The molecule has 3 heteroatoms. The maximum atomic E-state index is 6.91. The van der Waals surface area contributed by atoms with Gasteiger partial charge in [-0.15, -0.1) is 0 Å². The summed E-state index contributed by atoms with van der Waals surface area (Å²) in [5.74, 6) is 0. The second-order valence-corrected chi connectivity index (χ2v) is 16.8. The van der Waals surface area contributed by atoms with Gasteiger partial charge in [0.25, 0.3) is 0 Å². The van der Waals surface area contributed by atoms with Crippen molar-refractivity contribution < 1.29 is 4.42 Å². The van der Waals surface area contributed by atoms with Gasteiger partial charge < -0.3 is 4.42 Å². The van der Waals surface area contributed by atoms with Crippen LogP contribution in [0.25, 0.3) is 132 Å². The van der Waals surface area contributed by atoms with Crippen LogP contribution in [-0.2, 0) is 0 Å². The van der Waals surface area contributed by atoms with E-state index in [1.165, 1.54) is 70.9 Å². The normalized spacial score (nSPS) is 11.7. The van der Waals surface area contributed by atoms with E-state index in [2.05, 4.69) is 204 Å². The highest BCUT2D eigenvalue weighted by Gasteiger charge is 2.23. The number of furan rings is 1. The third kappa shape index (κ3) is 5.97. The first-order chi connectivity index (χ1) is 32.3. The van der Waals surface area contributed by atoms with Crippen LogP contribution in [-0.4, -0.2) is 9.97 Å². The molecule has 0 spiro atoms. The fourth-order valence-electron chi connectivity index (χ4n) is 10.4. The molecular weight excluding hydrogens is 789 g/mol. The molecular formula is C62H38N2O. The lowest BCUT2D eigenvalue weighted by Crippen LogP contribution is -1.93. The van der Waals surface area contributed by atoms with E-state index in [1.54, 1.807) is 0 Å². The van der Waals surface area contributed by atoms with Crippen molar-refractivity contribution in [3.63, 3.8) is 0 Å². The minimum absolute atomic E-state index is 0.866. The Bertz CT molecular complexity index is 3810. The predicted molar refractivity (Wildman–Crippen MR) is 272 cm³/mol. The Hall–Kier alpha value is -8.66. The fourth-order valence-corrected chi connectivity index (χ4v) is 10.4. The molecule has 65 heavy (non-hydrogen) atoms. The first-order valence-corrected chi connectivity index (χ1v) is 22.1. The zero-order valence-electron chi connectivity index (χ0n) is 35.2. The number of rotatable bonds is 6. The van der Waals surface area contributed by atoms with Crippen LogP contribution in [0.2, 0.25) is 0 Å². The molecule has 0 saturated carbocycles. The van der Waals surface area contributed by atoms with Gasteiger partial charge in [0.05, 0.1) is 0 Å². The van der Waals surface area contributed by atoms with Crippen molar-refractivity contribution in [3.8, 4) is 66.8 Å². The first-order valence-electron chi connectivity index (χ1n) is 22.1. The van der Waals surface area contributed by atoms with E-state index < -0.39 is 0 Å². The fraction of sp³-hybridized carbons (Fsp3) is 0. The molecule has 3 aromatic heterocycles. The minimum Gasteiger partial charge on any atom is -0.456 e. The Morgan fingerprint density at radius 3 is 1.22 bits per heavy atom. The average molecular weight is 827 g/mol. The summed E-state index contributed by atoms with van der Waals surface area (Å²) in [5, 5.41) is 11.9. The zero-order valence-corrected chi connectivity index (χ0v) is 35.2. The van der Waals surface area contributed by atoms with E-state index in [9.17, 15) is 0 Å². The molecule has 0 bridgehead atoms. The highest BCUT2D eigenvalue weighted by molar-refractivity contribution is 6.27. The van der Waals surface area contributed by atoms with Crippen LogP contribution >= 0.6 is 0 Å². The van der Waals surface area contributed by atoms with Crippen molar-refractivity contribution in [2.24, 2.45) is 0 Å². The molecule has 0 aliphatic rings. The third-order valence-electron chi connectivity index (χ3n) is 13.2. The van der Waals surface area contributed by atoms with Gasteiger partial charge in [0, 0.05) is 46.7 Å². The molecule has 0 unspecified atom stereocenters. The lowest BCUT2D eigenvalue weighted by Gasteiger charge is -2.19. The number of aromatic nitrogens is 2. The lowest BCUT2D eigenvalue weighted by molar-refractivity contribution is 0.669. The van der Waals surface area contributed by atoms with Crippen LogP contribution in [0.3, 0.4) is 0 Å². The molecule has 13 aromatic rings. The van der Waals surface area contributed by atoms with Gasteiger partial charge in [-0.05, 0) is 147 Å². The summed E-state index contributed by atoms with van der Waals surface area (Å²) in [6, 6.07) is 74.6. The Balaban J connectivity index is 1.04. The Morgan fingerprint density at radius 2 is 0.708 bits per heavy atom. The van der Waals surface area contributed by atoms with Crippen LogP contribution in [0, 0.1) is 0 Å². The molecule has 302 valence electrons. The maximum absolute atomic E-state index is 6.91. The van der Waals surface area contributed by atoms with Crippen molar-refractivity contribution in [2.75, 3.05) is 0 Å². The summed E-state index contributed by atoms with van der Waals surface area (Å²) in [6.45, 7) is 0. The highest BCUT2D eigenvalue weighted by Crippen LogP contribution is 2.49. The molecule has 10 aromatic carbocycles. The van der Waals surface area contributed by atoms with Crippen LogP contribution in [0.4, 0.5) is 0 Å². The largest absolute Gasteiger partial charge is 0.456 e. The second kappa shape index (κ2) is 15.0. The molecule has 3 nitrogen and oxygen atoms in total. The molecule has 0 saturated heterocycles. The number of fused-ring (bicyclic) bond motifs is 7. The van der Waals surface area contributed by atoms with E-state index in [-0.39, 0.29) is 0 Å². The number of nitrogens with zero attached hydrogens (tertiary/aromatic N) is 2. The molecule has 13 rings (SSSR count). The molecule has 0 aliphatic carbocycles. The first kappa shape index (κ1) is 36.9. The summed E-state index contributed by atoms with van der Waals surface area (Å²) in [5.41, 5.74) is 15.6. The molecule has 0 radical (unpaired) electrons. The van der Waals surface area contributed by atoms with Crippen LogP contribution in [0.15, 0.2) is 235 Å². The van der Waals surface area contributed by atoms with Crippen molar-refractivity contribution >= 4 is 65.0 Å². The zero-order chi connectivity index (χ0) is 42.8. The Morgan fingerprint density at radius 1 is 0.262 bits per heavy atom. The van der Waals surface area contributed by atoms with Crippen molar-refractivity contribution in [3.05, 3.63) is 231 Å². The molecule has 0 N–H and O–H groups in total. The van der Waals surface area contributed by atoms with Gasteiger partial charge in [0.15, 0.2) is 0 Å². The summed E-state index contributed by atoms with van der Waals surface area (Å²) in [7, 11) is 0. The van der Waals surface area contributed by atoms with Gasteiger partial charge in [0.2, 0.25) is 0 Å². The quantitative estimate of drug-likeness (QED) is 0.157. The van der Waals surface area contributed by atoms with Gasteiger partial charge in [-0.25, -0.2) is 0 Å². The van der Waals surface area contributed by atoms with E-state index in [1.807, 2.05) is 36.9 Å². The van der Waals surface area contributed by atoms with Gasteiger partial charge in [0.1, 0.15) is 11.2 Å².